The molecule has 1 aromatic carbocycles. The summed E-state index contributed by atoms with van der Waals surface area (Å²) in [5.74, 6) is 5.37. The number of pyridine rings is 1. The van der Waals surface area contributed by atoms with Crippen LogP contribution in [-0.2, 0) is 0 Å². The van der Waals surface area contributed by atoms with E-state index in [1.807, 2.05) is 12.1 Å². The van der Waals surface area contributed by atoms with E-state index in [0.29, 0.717) is 23.6 Å². The standard InChI is InChI=1S/C24H30FNO2/c1-2-3-4-5-6-7-8-9-10-18-28-24-12-11-17-26-22(24)15-13-20-14-16-23(27)21(25)19-20/h11-12,14,16-17,19,27H,2-10,18H2,1H3. The Morgan fingerprint density at radius 2 is 1.68 bits per heavy atom. The van der Waals surface area contributed by atoms with Gasteiger partial charge in [0.1, 0.15) is 0 Å². The van der Waals surface area contributed by atoms with Gasteiger partial charge >= 0.3 is 0 Å². The van der Waals surface area contributed by atoms with Crippen molar-refractivity contribution in [2.75, 3.05) is 6.61 Å². The Morgan fingerprint density at radius 1 is 0.964 bits per heavy atom. The third kappa shape index (κ3) is 8.00. The number of rotatable bonds is 11. The molecule has 0 saturated heterocycles. The summed E-state index contributed by atoms with van der Waals surface area (Å²) in [6.45, 7) is 2.89. The van der Waals surface area contributed by atoms with Gasteiger partial charge in [-0.2, -0.15) is 0 Å². The number of ether oxygens (including phenoxy) is 1. The highest BCUT2D eigenvalue weighted by Gasteiger charge is 2.03. The van der Waals surface area contributed by atoms with Gasteiger partial charge in [0.05, 0.1) is 6.61 Å². The second-order valence-corrected chi connectivity index (χ2v) is 6.94. The van der Waals surface area contributed by atoms with Gasteiger partial charge in [0.25, 0.3) is 0 Å². The fraction of sp³-hybridized carbons (Fsp3) is 0.458. The molecule has 1 heterocycles. The molecule has 0 aliphatic heterocycles. The predicted molar refractivity (Wildman–Crippen MR) is 111 cm³/mol. The van der Waals surface area contributed by atoms with Crippen LogP contribution in [0.1, 0.15) is 76.0 Å². The summed E-state index contributed by atoms with van der Waals surface area (Å²) in [5.41, 5.74) is 1.01. The molecular formula is C24H30FNO2. The van der Waals surface area contributed by atoms with Crippen LogP contribution in [-0.4, -0.2) is 16.7 Å². The van der Waals surface area contributed by atoms with Crippen LogP contribution in [0.5, 0.6) is 11.5 Å². The van der Waals surface area contributed by atoms with E-state index in [1.54, 1.807) is 12.3 Å². The molecule has 2 rings (SSSR count). The number of nitrogens with zero attached hydrogens (tertiary/aromatic N) is 1. The van der Waals surface area contributed by atoms with Crippen molar-refractivity contribution >= 4 is 0 Å². The molecule has 0 radical (unpaired) electrons. The van der Waals surface area contributed by atoms with Crippen LogP contribution in [0.25, 0.3) is 0 Å². The van der Waals surface area contributed by atoms with Crippen LogP contribution in [0.2, 0.25) is 0 Å². The Bertz CT molecular complexity index is 780. The lowest BCUT2D eigenvalue weighted by Gasteiger charge is -2.07. The highest BCUT2D eigenvalue weighted by atomic mass is 19.1. The second-order valence-electron chi connectivity index (χ2n) is 6.94. The molecule has 0 amide bonds. The van der Waals surface area contributed by atoms with Crippen molar-refractivity contribution in [2.24, 2.45) is 0 Å². The Labute approximate surface area is 168 Å². The molecule has 28 heavy (non-hydrogen) atoms. The Morgan fingerprint density at radius 3 is 2.39 bits per heavy atom. The summed E-state index contributed by atoms with van der Waals surface area (Å²) < 4.78 is 19.2. The molecule has 0 bridgehead atoms. The fourth-order valence-corrected chi connectivity index (χ4v) is 2.91. The zero-order chi connectivity index (χ0) is 20.0. The number of benzene rings is 1. The van der Waals surface area contributed by atoms with Crippen LogP contribution in [0.4, 0.5) is 4.39 Å². The fourth-order valence-electron chi connectivity index (χ4n) is 2.91. The van der Waals surface area contributed by atoms with Crippen LogP contribution < -0.4 is 4.74 Å². The second kappa shape index (κ2) is 12.8. The predicted octanol–water partition coefficient (Wildman–Crippen LogP) is 6.24. The quantitative estimate of drug-likeness (QED) is 0.369. The lowest BCUT2D eigenvalue weighted by atomic mass is 10.1. The zero-order valence-corrected chi connectivity index (χ0v) is 16.7. The van der Waals surface area contributed by atoms with Gasteiger partial charge in [0.15, 0.2) is 23.0 Å². The number of phenolic OH excluding ortho intramolecular Hbond substituents is 1. The van der Waals surface area contributed by atoms with Gasteiger partial charge in [-0.25, -0.2) is 9.37 Å². The van der Waals surface area contributed by atoms with E-state index < -0.39 is 5.82 Å². The van der Waals surface area contributed by atoms with E-state index >= 15 is 0 Å². The molecule has 0 aliphatic rings. The molecule has 0 aliphatic carbocycles. The van der Waals surface area contributed by atoms with Crippen LogP contribution >= 0.6 is 0 Å². The van der Waals surface area contributed by atoms with E-state index in [4.69, 9.17) is 4.74 Å². The van der Waals surface area contributed by atoms with E-state index in [9.17, 15) is 9.50 Å². The SMILES string of the molecule is CCCCCCCCCCCOc1cccnc1C#Cc1ccc(O)c(F)c1. The minimum atomic E-state index is -0.686. The molecule has 0 saturated carbocycles. The topological polar surface area (TPSA) is 42.4 Å². The van der Waals surface area contributed by atoms with Crippen molar-refractivity contribution in [2.45, 2.75) is 64.7 Å². The molecule has 3 nitrogen and oxygen atoms in total. The lowest BCUT2D eigenvalue weighted by Crippen LogP contribution is -2.00. The smallest absolute Gasteiger partial charge is 0.166 e. The molecule has 2 aromatic rings. The summed E-state index contributed by atoms with van der Waals surface area (Å²) in [6.07, 6.45) is 13.1. The van der Waals surface area contributed by atoms with Gasteiger partial charge in [0.2, 0.25) is 0 Å². The average molecular weight is 384 g/mol. The van der Waals surface area contributed by atoms with E-state index in [2.05, 4.69) is 23.7 Å². The van der Waals surface area contributed by atoms with Crippen molar-refractivity contribution in [3.8, 4) is 23.3 Å². The first kappa shape index (κ1) is 21.8. The van der Waals surface area contributed by atoms with Crippen molar-refractivity contribution in [3.05, 3.63) is 53.6 Å². The normalized spacial score (nSPS) is 10.4. The molecule has 0 spiro atoms. The summed E-state index contributed by atoms with van der Waals surface area (Å²) in [4.78, 5) is 4.26. The first-order valence-electron chi connectivity index (χ1n) is 10.3. The molecule has 1 N–H and O–H groups in total. The number of unbranched alkanes of at least 4 members (excludes halogenated alkanes) is 8. The van der Waals surface area contributed by atoms with Gasteiger partial charge in [0, 0.05) is 11.8 Å². The van der Waals surface area contributed by atoms with Crippen LogP contribution in [0.15, 0.2) is 36.5 Å². The summed E-state index contributed by atoms with van der Waals surface area (Å²) in [6, 6.07) is 7.73. The van der Waals surface area contributed by atoms with Crippen LogP contribution in [0, 0.1) is 17.7 Å². The van der Waals surface area contributed by atoms with Gasteiger partial charge in [-0.1, -0.05) is 64.2 Å². The minimum absolute atomic E-state index is 0.381. The molecular weight excluding hydrogens is 353 g/mol. The minimum Gasteiger partial charge on any atom is -0.505 e. The highest BCUT2D eigenvalue weighted by molar-refractivity contribution is 5.46. The first-order valence-corrected chi connectivity index (χ1v) is 10.3. The number of aromatic nitrogens is 1. The van der Waals surface area contributed by atoms with Crippen molar-refractivity contribution in [1.82, 2.24) is 4.98 Å². The van der Waals surface area contributed by atoms with E-state index in [-0.39, 0.29) is 5.75 Å². The zero-order valence-electron chi connectivity index (χ0n) is 16.7. The molecule has 0 fully saturated rings. The first-order chi connectivity index (χ1) is 13.7. The third-order valence-corrected chi connectivity index (χ3v) is 4.55. The Kier molecular flexibility index (Phi) is 9.93. The maximum Gasteiger partial charge on any atom is 0.166 e. The molecule has 0 atom stereocenters. The Hall–Kier alpha value is -2.54. The number of phenols is 1. The Balaban J connectivity index is 1.75. The summed E-state index contributed by atoms with van der Waals surface area (Å²) in [7, 11) is 0. The summed E-state index contributed by atoms with van der Waals surface area (Å²) >= 11 is 0. The molecule has 1 aromatic heterocycles. The van der Waals surface area contributed by atoms with Gasteiger partial charge in [-0.05, 0) is 42.7 Å². The largest absolute Gasteiger partial charge is 0.505 e. The number of halogens is 1. The lowest BCUT2D eigenvalue weighted by molar-refractivity contribution is 0.302. The van der Waals surface area contributed by atoms with Crippen LogP contribution in [0.3, 0.4) is 0 Å². The van der Waals surface area contributed by atoms with Gasteiger partial charge in [-0.3, -0.25) is 0 Å². The van der Waals surface area contributed by atoms with E-state index in [1.165, 1.54) is 63.5 Å². The monoisotopic (exact) mass is 383 g/mol. The maximum absolute atomic E-state index is 13.4. The average Bonchev–Trinajstić information content (AvgIpc) is 2.71. The van der Waals surface area contributed by atoms with Crippen molar-refractivity contribution in [1.29, 1.82) is 0 Å². The highest BCUT2D eigenvalue weighted by Crippen LogP contribution is 2.17. The number of aromatic hydroxyl groups is 1. The maximum atomic E-state index is 13.4. The molecule has 150 valence electrons. The van der Waals surface area contributed by atoms with E-state index in [0.717, 1.165) is 6.42 Å². The van der Waals surface area contributed by atoms with Gasteiger partial charge < -0.3 is 9.84 Å². The number of hydrogen-bond donors (Lipinski definition) is 1. The van der Waals surface area contributed by atoms with Crippen molar-refractivity contribution < 1.29 is 14.2 Å². The van der Waals surface area contributed by atoms with Gasteiger partial charge in [-0.15, -0.1) is 0 Å². The van der Waals surface area contributed by atoms with Crippen molar-refractivity contribution in [3.63, 3.8) is 0 Å². The molecule has 4 heteroatoms. The molecule has 0 unspecified atom stereocenters. The third-order valence-electron chi connectivity index (χ3n) is 4.55. The summed E-state index contributed by atoms with van der Waals surface area (Å²) in [5, 5.41) is 9.24. The number of hydrogen-bond acceptors (Lipinski definition) is 3.